The Bertz CT molecular complexity index is 535. The highest BCUT2D eigenvalue weighted by molar-refractivity contribution is 5.76. The maximum atomic E-state index is 12.4. The van der Waals surface area contributed by atoms with Crippen LogP contribution in [-0.2, 0) is 4.79 Å². The molecule has 5 nitrogen and oxygen atoms in total. The van der Waals surface area contributed by atoms with E-state index in [0.717, 1.165) is 50.5 Å². The summed E-state index contributed by atoms with van der Waals surface area (Å²) in [5.41, 5.74) is 0. The van der Waals surface area contributed by atoms with E-state index in [1.807, 2.05) is 11.8 Å². The van der Waals surface area contributed by atoms with Crippen molar-refractivity contribution in [1.29, 1.82) is 0 Å². The molecule has 24 heavy (non-hydrogen) atoms. The van der Waals surface area contributed by atoms with Crippen LogP contribution in [0.3, 0.4) is 0 Å². The first kappa shape index (κ1) is 17.2. The Labute approximate surface area is 144 Å². The molecule has 0 radical (unpaired) electrons. The van der Waals surface area contributed by atoms with Crippen LogP contribution in [-0.4, -0.2) is 40.0 Å². The van der Waals surface area contributed by atoms with Gasteiger partial charge in [-0.3, -0.25) is 4.79 Å². The van der Waals surface area contributed by atoms with E-state index >= 15 is 0 Å². The summed E-state index contributed by atoms with van der Waals surface area (Å²) < 4.78 is 5.93. The summed E-state index contributed by atoms with van der Waals surface area (Å²) in [6.45, 7) is 3.47. The lowest BCUT2D eigenvalue weighted by atomic mass is 9.86. The Kier molecular flexibility index (Phi) is 6.05. The fraction of sp³-hybridized carbons (Fsp3) is 0.737. The number of aryl methyl sites for hydroxylation is 1. The van der Waals surface area contributed by atoms with Gasteiger partial charge in [0.05, 0.1) is 0 Å². The molecule has 1 aliphatic carbocycles. The van der Waals surface area contributed by atoms with Crippen molar-refractivity contribution in [3.8, 4) is 5.88 Å². The number of hydrogen-bond acceptors (Lipinski definition) is 4. The molecule has 0 N–H and O–H groups in total. The van der Waals surface area contributed by atoms with Gasteiger partial charge in [0.2, 0.25) is 11.8 Å². The second kappa shape index (κ2) is 8.45. The van der Waals surface area contributed by atoms with Crippen LogP contribution in [0.25, 0.3) is 0 Å². The molecule has 0 unspecified atom stereocenters. The molecule has 1 saturated heterocycles. The molecule has 0 atom stereocenters. The van der Waals surface area contributed by atoms with Crippen LogP contribution < -0.4 is 4.74 Å². The number of amides is 1. The number of hydrogen-bond donors (Lipinski definition) is 0. The fourth-order valence-corrected chi connectivity index (χ4v) is 3.86. The molecule has 1 saturated carbocycles. The predicted octanol–water partition coefficient (Wildman–Crippen LogP) is 3.52. The number of carbonyl (C=O) groups excluding carboxylic acids is 1. The van der Waals surface area contributed by atoms with Crippen LogP contribution in [0.4, 0.5) is 0 Å². The van der Waals surface area contributed by atoms with Gasteiger partial charge in [0, 0.05) is 44.6 Å². The Balaban J connectivity index is 1.38. The number of rotatable bonds is 5. The summed E-state index contributed by atoms with van der Waals surface area (Å²) in [4.78, 5) is 22.8. The number of likely N-dealkylation sites (tertiary alicyclic amines) is 1. The van der Waals surface area contributed by atoms with Gasteiger partial charge in [0.1, 0.15) is 11.9 Å². The van der Waals surface area contributed by atoms with E-state index in [0.29, 0.717) is 11.8 Å². The first-order chi connectivity index (χ1) is 11.7. The molecular formula is C19H29N3O2. The molecule has 1 aromatic heterocycles. The summed E-state index contributed by atoms with van der Waals surface area (Å²) >= 11 is 0. The molecule has 5 heteroatoms. The highest BCUT2D eigenvalue weighted by Crippen LogP contribution is 2.28. The lowest BCUT2D eigenvalue weighted by Gasteiger charge is -2.32. The van der Waals surface area contributed by atoms with Crippen LogP contribution in [0, 0.1) is 12.8 Å². The molecule has 1 amide bonds. The van der Waals surface area contributed by atoms with Crippen molar-refractivity contribution < 1.29 is 9.53 Å². The molecule has 132 valence electrons. The monoisotopic (exact) mass is 331 g/mol. The SMILES string of the molecule is Cc1nccc(OC2CCN(C(=O)CCC3CCCCC3)CC2)n1. The van der Waals surface area contributed by atoms with Crippen molar-refractivity contribution in [2.24, 2.45) is 5.92 Å². The third kappa shape index (κ3) is 4.92. The molecule has 3 rings (SSSR count). The second-order valence-electron chi connectivity index (χ2n) is 7.18. The smallest absolute Gasteiger partial charge is 0.222 e. The van der Waals surface area contributed by atoms with E-state index < -0.39 is 0 Å². The maximum absolute atomic E-state index is 12.4. The van der Waals surface area contributed by atoms with Gasteiger partial charge in [-0.05, 0) is 19.3 Å². The third-order valence-corrected chi connectivity index (χ3v) is 5.32. The standard InChI is InChI=1S/C19H29N3O2/c1-15-20-12-9-18(21-15)24-17-10-13-22(14-11-17)19(23)8-7-16-5-3-2-4-6-16/h9,12,16-17H,2-8,10-11,13-14H2,1H3. The zero-order valence-electron chi connectivity index (χ0n) is 14.7. The minimum atomic E-state index is 0.154. The van der Waals surface area contributed by atoms with E-state index in [1.54, 1.807) is 12.3 Å². The summed E-state index contributed by atoms with van der Waals surface area (Å²) in [5, 5.41) is 0. The Morgan fingerprint density at radius 1 is 1.21 bits per heavy atom. The van der Waals surface area contributed by atoms with Gasteiger partial charge in [-0.25, -0.2) is 4.98 Å². The quantitative estimate of drug-likeness (QED) is 0.828. The Morgan fingerprint density at radius 2 is 1.96 bits per heavy atom. The summed E-state index contributed by atoms with van der Waals surface area (Å²) in [6.07, 6.45) is 12.2. The number of nitrogens with zero attached hydrogens (tertiary/aromatic N) is 3. The fourth-order valence-electron chi connectivity index (χ4n) is 3.86. The topological polar surface area (TPSA) is 55.3 Å². The molecule has 2 fully saturated rings. The van der Waals surface area contributed by atoms with Crippen LogP contribution in [0.15, 0.2) is 12.3 Å². The molecule has 1 aromatic rings. The van der Waals surface area contributed by atoms with E-state index in [2.05, 4.69) is 9.97 Å². The van der Waals surface area contributed by atoms with Crippen LogP contribution in [0.1, 0.15) is 63.6 Å². The van der Waals surface area contributed by atoms with Crippen molar-refractivity contribution in [3.63, 3.8) is 0 Å². The van der Waals surface area contributed by atoms with Gasteiger partial charge in [0.15, 0.2) is 0 Å². The lowest BCUT2D eigenvalue weighted by molar-refractivity contribution is -0.133. The first-order valence-electron chi connectivity index (χ1n) is 9.45. The Morgan fingerprint density at radius 3 is 2.67 bits per heavy atom. The number of ether oxygens (including phenoxy) is 1. The van der Waals surface area contributed by atoms with E-state index in [1.165, 1.54) is 32.1 Å². The second-order valence-corrected chi connectivity index (χ2v) is 7.18. The highest BCUT2D eigenvalue weighted by atomic mass is 16.5. The first-order valence-corrected chi connectivity index (χ1v) is 9.45. The minimum Gasteiger partial charge on any atom is -0.474 e. The highest BCUT2D eigenvalue weighted by Gasteiger charge is 2.25. The van der Waals surface area contributed by atoms with Crippen LogP contribution in [0.5, 0.6) is 5.88 Å². The largest absolute Gasteiger partial charge is 0.474 e. The minimum absolute atomic E-state index is 0.154. The summed E-state index contributed by atoms with van der Waals surface area (Å²) in [6, 6.07) is 1.80. The maximum Gasteiger partial charge on any atom is 0.222 e. The number of aromatic nitrogens is 2. The predicted molar refractivity (Wildman–Crippen MR) is 92.8 cm³/mol. The molecule has 1 aliphatic heterocycles. The van der Waals surface area contributed by atoms with Crippen molar-refractivity contribution in [2.45, 2.75) is 70.8 Å². The summed E-state index contributed by atoms with van der Waals surface area (Å²) in [5.74, 6) is 2.48. The average molecular weight is 331 g/mol. The van der Waals surface area contributed by atoms with Crippen molar-refractivity contribution in [3.05, 3.63) is 18.1 Å². The van der Waals surface area contributed by atoms with Crippen molar-refractivity contribution in [2.75, 3.05) is 13.1 Å². The Hall–Kier alpha value is -1.65. The molecule has 0 aromatic carbocycles. The van der Waals surface area contributed by atoms with Crippen molar-refractivity contribution in [1.82, 2.24) is 14.9 Å². The zero-order valence-corrected chi connectivity index (χ0v) is 14.7. The van der Waals surface area contributed by atoms with E-state index in [4.69, 9.17) is 4.74 Å². The van der Waals surface area contributed by atoms with Gasteiger partial charge in [0.25, 0.3) is 0 Å². The molecule has 0 spiro atoms. The van der Waals surface area contributed by atoms with Crippen molar-refractivity contribution >= 4 is 5.91 Å². The van der Waals surface area contributed by atoms with Gasteiger partial charge in [-0.15, -0.1) is 0 Å². The average Bonchev–Trinajstić information content (AvgIpc) is 2.61. The summed E-state index contributed by atoms with van der Waals surface area (Å²) in [7, 11) is 0. The molecular weight excluding hydrogens is 302 g/mol. The molecule has 2 heterocycles. The molecule has 2 aliphatic rings. The van der Waals surface area contributed by atoms with Gasteiger partial charge in [-0.2, -0.15) is 4.98 Å². The third-order valence-electron chi connectivity index (χ3n) is 5.32. The van der Waals surface area contributed by atoms with Gasteiger partial charge >= 0.3 is 0 Å². The zero-order chi connectivity index (χ0) is 16.8. The van der Waals surface area contributed by atoms with Crippen LogP contribution in [0.2, 0.25) is 0 Å². The number of carbonyl (C=O) groups is 1. The van der Waals surface area contributed by atoms with Gasteiger partial charge in [-0.1, -0.05) is 32.1 Å². The molecule has 0 bridgehead atoms. The van der Waals surface area contributed by atoms with Crippen LogP contribution >= 0.6 is 0 Å². The number of piperidine rings is 1. The van der Waals surface area contributed by atoms with Gasteiger partial charge < -0.3 is 9.64 Å². The normalized spacial score (nSPS) is 20.1. The van der Waals surface area contributed by atoms with E-state index in [-0.39, 0.29) is 6.10 Å². The van der Waals surface area contributed by atoms with E-state index in [9.17, 15) is 4.79 Å². The lowest BCUT2D eigenvalue weighted by Crippen LogP contribution is -2.41.